The number of pyridine rings is 1. The first-order valence-electron chi connectivity index (χ1n) is 11.2. The molecule has 2 fully saturated rings. The Kier molecular flexibility index (Phi) is 7.48. The van der Waals surface area contributed by atoms with Gasteiger partial charge in [0.05, 0.1) is 10.5 Å². The maximum atomic E-state index is 13.6. The molecule has 2 aliphatic rings. The lowest BCUT2D eigenvalue weighted by molar-refractivity contribution is -0.122. The third kappa shape index (κ3) is 4.98. The molecule has 0 N–H and O–H groups in total. The average Bonchev–Trinajstić information content (AvgIpc) is 3.08. The van der Waals surface area contributed by atoms with Crippen LogP contribution >= 0.6 is 24.0 Å². The van der Waals surface area contributed by atoms with Crippen LogP contribution in [0.3, 0.4) is 0 Å². The van der Waals surface area contributed by atoms with E-state index in [4.69, 9.17) is 21.9 Å². The second-order valence-corrected chi connectivity index (χ2v) is 9.87. The molecule has 2 aromatic rings. The molecule has 2 saturated heterocycles. The molecule has 33 heavy (non-hydrogen) atoms. The van der Waals surface area contributed by atoms with E-state index >= 15 is 0 Å². The number of hydrogen-bond donors (Lipinski definition) is 0. The van der Waals surface area contributed by atoms with E-state index in [-0.39, 0.29) is 11.5 Å². The molecule has 0 unspecified atom stereocenters. The molecule has 0 bridgehead atoms. The Labute approximate surface area is 203 Å². The molecule has 176 valence electrons. The molecule has 1 amide bonds. The summed E-state index contributed by atoms with van der Waals surface area (Å²) in [5.41, 5.74) is 1.82. The number of ether oxygens (including phenoxy) is 1. The summed E-state index contributed by atoms with van der Waals surface area (Å²) < 4.78 is 7.16. The maximum Gasteiger partial charge on any atom is 0.267 e. The summed E-state index contributed by atoms with van der Waals surface area (Å²) in [6.45, 7) is 9.52. The van der Waals surface area contributed by atoms with Gasteiger partial charge in [-0.15, -0.1) is 0 Å². The molecule has 2 aliphatic heterocycles. The first kappa shape index (κ1) is 23.9. The summed E-state index contributed by atoms with van der Waals surface area (Å²) in [6.07, 6.45) is 4.17. The SMILES string of the molecule is CCN1CCN(c2nc3ccc(C)cn3c(=O)c2/C=C2\SC(=S)N(CCCOC)C2=O)CC1. The normalized spacial score (nSPS) is 18.8. The van der Waals surface area contributed by atoms with Crippen molar-refractivity contribution < 1.29 is 9.53 Å². The van der Waals surface area contributed by atoms with Crippen LogP contribution in [0, 0.1) is 6.92 Å². The molecule has 0 saturated carbocycles. The fourth-order valence-electron chi connectivity index (χ4n) is 4.08. The van der Waals surface area contributed by atoms with E-state index in [0.717, 1.165) is 38.3 Å². The zero-order chi connectivity index (χ0) is 23.5. The van der Waals surface area contributed by atoms with Crippen molar-refractivity contribution in [3.8, 4) is 0 Å². The van der Waals surface area contributed by atoms with Crippen molar-refractivity contribution in [3.05, 3.63) is 44.7 Å². The van der Waals surface area contributed by atoms with Gasteiger partial charge < -0.3 is 14.5 Å². The highest BCUT2D eigenvalue weighted by atomic mass is 32.2. The fourth-order valence-corrected chi connectivity index (χ4v) is 5.37. The maximum absolute atomic E-state index is 13.6. The van der Waals surface area contributed by atoms with Gasteiger partial charge in [-0.3, -0.25) is 18.9 Å². The molecular formula is C23H29N5O3S2. The number of thiocarbonyl (C=S) groups is 1. The summed E-state index contributed by atoms with van der Waals surface area (Å²) in [6, 6.07) is 3.81. The molecule has 0 spiro atoms. The van der Waals surface area contributed by atoms with Crippen LogP contribution in [-0.2, 0) is 9.53 Å². The standard InChI is InChI=1S/C23H29N5O3S2/c1-4-25-9-11-26(12-10-25)20-17(21(29)28-15-16(2)6-7-19(28)24-20)14-18-22(30)27(23(32)33-18)8-5-13-31-3/h6-7,14-15H,4-5,8-13H2,1-3H3/b18-14-. The summed E-state index contributed by atoms with van der Waals surface area (Å²) in [5.74, 6) is 0.459. The summed E-state index contributed by atoms with van der Waals surface area (Å²) in [7, 11) is 1.63. The van der Waals surface area contributed by atoms with Gasteiger partial charge in [0.1, 0.15) is 15.8 Å². The van der Waals surface area contributed by atoms with E-state index < -0.39 is 0 Å². The number of piperazine rings is 1. The summed E-state index contributed by atoms with van der Waals surface area (Å²) >= 11 is 6.68. The van der Waals surface area contributed by atoms with Gasteiger partial charge in [0.2, 0.25) is 0 Å². The molecular weight excluding hydrogens is 458 g/mol. The van der Waals surface area contributed by atoms with Gasteiger partial charge in [-0.05, 0) is 37.6 Å². The predicted molar refractivity (Wildman–Crippen MR) is 137 cm³/mol. The Morgan fingerprint density at radius 1 is 1.21 bits per heavy atom. The van der Waals surface area contributed by atoms with E-state index in [1.54, 1.807) is 28.7 Å². The number of thioether (sulfide) groups is 1. The topological polar surface area (TPSA) is 70.4 Å². The summed E-state index contributed by atoms with van der Waals surface area (Å²) in [4.78, 5) is 38.1. The largest absolute Gasteiger partial charge is 0.385 e. The van der Waals surface area contributed by atoms with Gasteiger partial charge in [0.15, 0.2) is 0 Å². The number of rotatable bonds is 7. The smallest absolute Gasteiger partial charge is 0.267 e. The second kappa shape index (κ2) is 10.3. The Bertz CT molecular complexity index is 1150. The zero-order valence-corrected chi connectivity index (χ0v) is 20.9. The molecule has 0 radical (unpaired) electrons. The highest BCUT2D eigenvalue weighted by molar-refractivity contribution is 8.26. The Morgan fingerprint density at radius 2 is 1.97 bits per heavy atom. The van der Waals surface area contributed by atoms with Crippen LogP contribution in [0.5, 0.6) is 0 Å². The lowest BCUT2D eigenvalue weighted by Gasteiger charge is -2.35. The van der Waals surface area contributed by atoms with Crippen molar-refractivity contribution in [2.45, 2.75) is 20.3 Å². The van der Waals surface area contributed by atoms with Crippen molar-refractivity contribution in [3.63, 3.8) is 0 Å². The Balaban J connectivity index is 1.75. The van der Waals surface area contributed by atoms with Crippen LogP contribution in [0.15, 0.2) is 28.0 Å². The minimum Gasteiger partial charge on any atom is -0.385 e. The van der Waals surface area contributed by atoms with Gasteiger partial charge in [-0.2, -0.15) is 0 Å². The Hall–Kier alpha value is -2.27. The molecule has 0 atom stereocenters. The number of nitrogens with zero attached hydrogens (tertiary/aromatic N) is 5. The molecule has 8 nitrogen and oxygen atoms in total. The number of likely N-dealkylation sites (N-methyl/N-ethyl adjacent to an activating group) is 1. The third-order valence-electron chi connectivity index (χ3n) is 5.98. The van der Waals surface area contributed by atoms with Crippen molar-refractivity contribution >= 4 is 51.7 Å². The number of methoxy groups -OCH3 is 1. The van der Waals surface area contributed by atoms with E-state index in [9.17, 15) is 9.59 Å². The third-order valence-corrected chi connectivity index (χ3v) is 7.36. The minimum atomic E-state index is -0.179. The fraction of sp³-hybridized carbons (Fsp3) is 0.478. The predicted octanol–water partition coefficient (Wildman–Crippen LogP) is 2.38. The van der Waals surface area contributed by atoms with Gasteiger partial charge in [-0.25, -0.2) is 4.98 Å². The van der Waals surface area contributed by atoms with Gasteiger partial charge in [0, 0.05) is 52.6 Å². The zero-order valence-electron chi connectivity index (χ0n) is 19.2. The van der Waals surface area contributed by atoms with E-state index in [0.29, 0.717) is 45.8 Å². The highest BCUT2D eigenvalue weighted by Crippen LogP contribution is 2.33. The van der Waals surface area contributed by atoms with Gasteiger partial charge >= 0.3 is 0 Å². The second-order valence-electron chi connectivity index (χ2n) is 8.19. The van der Waals surface area contributed by atoms with Crippen LogP contribution in [0.4, 0.5) is 5.82 Å². The lowest BCUT2D eigenvalue weighted by Crippen LogP contribution is -2.47. The number of amides is 1. The van der Waals surface area contributed by atoms with Crippen molar-refractivity contribution in [2.75, 3.05) is 57.9 Å². The number of aryl methyl sites for hydroxylation is 1. The number of carbonyl (C=O) groups excluding carboxylic acids is 1. The highest BCUT2D eigenvalue weighted by Gasteiger charge is 2.32. The van der Waals surface area contributed by atoms with E-state index in [1.807, 2.05) is 19.1 Å². The van der Waals surface area contributed by atoms with Crippen LogP contribution in [0.1, 0.15) is 24.5 Å². The molecule has 0 aliphatic carbocycles. The van der Waals surface area contributed by atoms with Crippen molar-refractivity contribution in [1.29, 1.82) is 0 Å². The van der Waals surface area contributed by atoms with Crippen LogP contribution in [-0.4, -0.2) is 82.4 Å². The number of hydrogen-bond acceptors (Lipinski definition) is 8. The first-order valence-corrected chi connectivity index (χ1v) is 12.4. The van der Waals surface area contributed by atoms with E-state index in [1.165, 1.54) is 11.8 Å². The van der Waals surface area contributed by atoms with E-state index in [2.05, 4.69) is 16.7 Å². The van der Waals surface area contributed by atoms with Gasteiger partial charge in [-0.1, -0.05) is 37.0 Å². The Morgan fingerprint density at radius 3 is 2.67 bits per heavy atom. The monoisotopic (exact) mass is 487 g/mol. The molecule has 2 aromatic heterocycles. The number of carbonyl (C=O) groups is 1. The minimum absolute atomic E-state index is 0.170. The molecule has 4 heterocycles. The lowest BCUT2D eigenvalue weighted by atomic mass is 10.2. The van der Waals surface area contributed by atoms with Crippen molar-refractivity contribution in [2.24, 2.45) is 0 Å². The van der Waals surface area contributed by atoms with Crippen LogP contribution < -0.4 is 10.5 Å². The van der Waals surface area contributed by atoms with Crippen molar-refractivity contribution in [1.82, 2.24) is 19.2 Å². The summed E-state index contributed by atoms with van der Waals surface area (Å²) in [5, 5.41) is 0. The average molecular weight is 488 g/mol. The quantitative estimate of drug-likeness (QED) is 0.335. The molecule has 10 heteroatoms. The van der Waals surface area contributed by atoms with Gasteiger partial charge in [0.25, 0.3) is 11.5 Å². The molecule has 4 rings (SSSR count). The van der Waals surface area contributed by atoms with Crippen LogP contribution in [0.2, 0.25) is 0 Å². The number of anilines is 1. The number of fused-ring (bicyclic) bond motifs is 1. The molecule has 0 aromatic carbocycles. The number of aromatic nitrogens is 2. The first-order chi connectivity index (χ1) is 15.9. The van der Waals surface area contributed by atoms with Crippen LogP contribution in [0.25, 0.3) is 11.7 Å².